The molecule has 1 aliphatic heterocycles. The van der Waals surface area contributed by atoms with Crippen molar-refractivity contribution in [2.45, 2.75) is 26.9 Å². The van der Waals surface area contributed by atoms with Crippen LogP contribution in [0.5, 0.6) is 11.5 Å². The number of imide groups is 2. The fourth-order valence-electron chi connectivity index (χ4n) is 3.92. The van der Waals surface area contributed by atoms with E-state index in [1.807, 2.05) is 19.1 Å². The number of rotatable bonds is 8. The Hall–Kier alpha value is -4.61. The van der Waals surface area contributed by atoms with Gasteiger partial charge < -0.3 is 9.47 Å². The molecule has 0 spiro atoms. The molecule has 9 heteroatoms. The van der Waals surface area contributed by atoms with Gasteiger partial charge in [0.15, 0.2) is 11.5 Å². The molecule has 4 rings (SSSR count). The first-order chi connectivity index (χ1) is 18.4. The van der Waals surface area contributed by atoms with Gasteiger partial charge in [0.25, 0.3) is 11.8 Å². The number of carbonyl (C=O) groups is 3. The van der Waals surface area contributed by atoms with E-state index in [-0.39, 0.29) is 23.0 Å². The number of amides is 4. The van der Waals surface area contributed by atoms with Gasteiger partial charge in [-0.05, 0) is 60.9 Å². The van der Waals surface area contributed by atoms with Gasteiger partial charge in [-0.25, -0.2) is 9.69 Å². The van der Waals surface area contributed by atoms with Gasteiger partial charge in [-0.1, -0.05) is 48.9 Å². The molecule has 0 aliphatic carbocycles. The summed E-state index contributed by atoms with van der Waals surface area (Å²) in [6.07, 6.45) is 2.15. The van der Waals surface area contributed by atoms with Crippen LogP contribution in [0.25, 0.3) is 6.08 Å². The van der Waals surface area contributed by atoms with Crippen LogP contribution in [-0.2, 0) is 22.6 Å². The van der Waals surface area contributed by atoms with Crippen molar-refractivity contribution < 1.29 is 23.9 Å². The van der Waals surface area contributed by atoms with Crippen molar-refractivity contribution in [3.05, 3.63) is 93.5 Å². The van der Waals surface area contributed by atoms with Crippen LogP contribution in [0.15, 0.2) is 66.2 Å². The lowest BCUT2D eigenvalue weighted by Crippen LogP contribution is -2.54. The largest absolute Gasteiger partial charge is 0.490 e. The molecule has 1 heterocycles. The Morgan fingerprint density at radius 2 is 1.76 bits per heavy atom. The smallest absolute Gasteiger partial charge is 0.335 e. The lowest BCUT2D eigenvalue weighted by Gasteiger charge is -2.26. The maximum atomic E-state index is 13.2. The second kappa shape index (κ2) is 11.6. The van der Waals surface area contributed by atoms with Crippen LogP contribution in [0.4, 0.5) is 10.5 Å². The molecular weight excluding hydrogens is 506 g/mol. The van der Waals surface area contributed by atoms with Crippen LogP contribution >= 0.6 is 11.6 Å². The first-order valence-electron chi connectivity index (χ1n) is 11.9. The second-order valence-electron chi connectivity index (χ2n) is 8.30. The van der Waals surface area contributed by atoms with Gasteiger partial charge in [0, 0.05) is 5.56 Å². The average Bonchev–Trinajstić information content (AvgIpc) is 2.91. The highest BCUT2D eigenvalue weighted by atomic mass is 35.5. The van der Waals surface area contributed by atoms with Crippen LogP contribution < -0.4 is 19.7 Å². The van der Waals surface area contributed by atoms with E-state index in [4.69, 9.17) is 21.1 Å². The predicted molar refractivity (Wildman–Crippen MR) is 143 cm³/mol. The number of hydrogen-bond donors (Lipinski definition) is 1. The normalized spacial score (nSPS) is 14.3. The highest BCUT2D eigenvalue weighted by Crippen LogP contribution is 2.38. The maximum absolute atomic E-state index is 13.2. The number of nitrogens with zero attached hydrogens (tertiary/aromatic N) is 2. The molecule has 0 atom stereocenters. The molecule has 4 amide bonds. The number of hydrogen-bond acceptors (Lipinski definition) is 6. The van der Waals surface area contributed by atoms with E-state index >= 15 is 0 Å². The summed E-state index contributed by atoms with van der Waals surface area (Å²) in [6.45, 7) is 4.17. The monoisotopic (exact) mass is 529 g/mol. The Morgan fingerprint density at radius 1 is 1.03 bits per heavy atom. The zero-order valence-corrected chi connectivity index (χ0v) is 21.5. The molecule has 0 aromatic heterocycles. The van der Waals surface area contributed by atoms with E-state index in [0.29, 0.717) is 34.7 Å². The van der Waals surface area contributed by atoms with Crippen LogP contribution in [0, 0.1) is 11.3 Å². The van der Waals surface area contributed by atoms with Gasteiger partial charge in [-0.15, -0.1) is 0 Å². The summed E-state index contributed by atoms with van der Waals surface area (Å²) >= 11 is 6.53. The van der Waals surface area contributed by atoms with Crippen molar-refractivity contribution in [3.8, 4) is 17.6 Å². The van der Waals surface area contributed by atoms with Gasteiger partial charge >= 0.3 is 6.03 Å². The summed E-state index contributed by atoms with van der Waals surface area (Å²) in [4.78, 5) is 39.3. The highest BCUT2D eigenvalue weighted by Gasteiger charge is 2.36. The molecule has 0 unspecified atom stereocenters. The fourth-order valence-corrected chi connectivity index (χ4v) is 4.19. The van der Waals surface area contributed by atoms with E-state index in [2.05, 4.69) is 11.4 Å². The van der Waals surface area contributed by atoms with Crippen molar-refractivity contribution >= 4 is 41.2 Å². The molecule has 1 aliphatic rings. The lowest BCUT2D eigenvalue weighted by atomic mass is 10.1. The summed E-state index contributed by atoms with van der Waals surface area (Å²) in [5.41, 5.74) is 2.71. The molecule has 0 saturated carbocycles. The SMILES string of the molecule is CCOc1cc(/C=C2/C(=O)NC(=O)N(c3ccc(CC)cc3)C2=O)cc(Cl)c1OCc1ccccc1C#N. The minimum Gasteiger partial charge on any atom is -0.490 e. The fraction of sp³-hybridized carbons (Fsp3) is 0.172. The Labute approximate surface area is 225 Å². The van der Waals surface area contributed by atoms with E-state index < -0.39 is 17.8 Å². The first-order valence-corrected chi connectivity index (χ1v) is 12.3. The van der Waals surface area contributed by atoms with Gasteiger partial charge in [-0.2, -0.15) is 5.26 Å². The second-order valence-corrected chi connectivity index (χ2v) is 8.71. The Morgan fingerprint density at radius 3 is 2.45 bits per heavy atom. The number of aryl methyl sites for hydroxylation is 1. The number of benzene rings is 3. The zero-order chi connectivity index (χ0) is 27.2. The van der Waals surface area contributed by atoms with Crippen molar-refractivity contribution in [1.82, 2.24) is 5.32 Å². The molecule has 3 aromatic rings. The minimum absolute atomic E-state index is 0.0821. The number of halogens is 1. The van der Waals surface area contributed by atoms with E-state index in [0.717, 1.165) is 16.9 Å². The van der Waals surface area contributed by atoms with Crippen molar-refractivity contribution in [1.29, 1.82) is 5.26 Å². The Bertz CT molecular complexity index is 1470. The number of nitriles is 1. The molecule has 0 radical (unpaired) electrons. The topological polar surface area (TPSA) is 109 Å². The summed E-state index contributed by atoms with van der Waals surface area (Å²) in [7, 11) is 0. The van der Waals surface area contributed by atoms with Gasteiger partial charge in [0.2, 0.25) is 0 Å². The summed E-state index contributed by atoms with van der Waals surface area (Å²) < 4.78 is 11.6. The maximum Gasteiger partial charge on any atom is 0.335 e. The molecule has 8 nitrogen and oxygen atoms in total. The van der Waals surface area contributed by atoms with Crippen LogP contribution in [0.3, 0.4) is 0 Å². The minimum atomic E-state index is -0.823. The molecule has 192 valence electrons. The third kappa shape index (κ3) is 5.53. The van der Waals surface area contributed by atoms with Gasteiger partial charge in [0.1, 0.15) is 12.2 Å². The van der Waals surface area contributed by atoms with Gasteiger partial charge in [-0.3, -0.25) is 14.9 Å². The third-order valence-electron chi connectivity index (χ3n) is 5.86. The molecule has 3 aromatic carbocycles. The number of urea groups is 1. The molecule has 1 saturated heterocycles. The van der Waals surface area contributed by atoms with Crippen LogP contribution in [0.1, 0.15) is 36.1 Å². The number of ether oxygens (including phenoxy) is 2. The summed E-state index contributed by atoms with van der Waals surface area (Å²) in [6, 6.07) is 18.4. The van der Waals surface area contributed by atoms with Gasteiger partial charge in [0.05, 0.1) is 28.9 Å². The van der Waals surface area contributed by atoms with E-state index in [1.165, 1.54) is 12.1 Å². The van der Waals surface area contributed by atoms with Crippen molar-refractivity contribution in [2.24, 2.45) is 0 Å². The number of barbiturate groups is 1. The third-order valence-corrected chi connectivity index (χ3v) is 6.14. The molecule has 38 heavy (non-hydrogen) atoms. The Balaban J connectivity index is 1.66. The number of carbonyl (C=O) groups excluding carboxylic acids is 3. The molecule has 0 bridgehead atoms. The molecule has 1 N–H and O–H groups in total. The summed E-state index contributed by atoms with van der Waals surface area (Å²) in [5.74, 6) is -1.02. The predicted octanol–water partition coefficient (Wildman–Crippen LogP) is 5.42. The van der Waals surface area contributed by atoms with Crippen LogP contribution in [-0.4, -0.2) is 24.5 Å². The van der Waals surface area contributed by atoms with E-state index in [1.54, 1.807) is 49.4 Å². The standard InChI is InChI=1S/C29H24ClN3O5/c1-3-18-9-11-22(12-10-18)33-28(35)23(27(34)32-29(33)36)13-19-14-24(30)26(25(15-19)37-4-2)38-17-21-8-6-5-7-20(21)16-31/h5-15H,3-4,17H2,1-2H3,(H,32,34,36)/b23-13-. The quantitative estimate of drug-likeness (QED) is 0.308. The highest BCUT2D eigenvalue weighted by molar-refractivity contribution is 6.39. The first kappa shape index (κ1) is 26.5. The molecule has 1 fully saturated rings. The Kier molecular flexibility index (Phi) is 8.09. The van der Waals surface area contributed by atoms with Crippen LogP contribution in [0.2, 0.25) is 5.02 Å². The number of nitrogens with one attached hydrogen (secondary N) is 1. The van der Waals surface area contributed by atoms with Crippen molar-refractivity contribution in [2.75, 3.05) is 11.5 Å². The average molecular weight is 530 g/mol. The molecular formula is C29H24ClN3O5. The lowest BCUT2D eigenvalue weighted by molar-refractivity contribution is -0.122. The van der Waals surface area contributed by atoms with Crippen molar-refractivity contribution in [3.63, 3.8) is 0 Å². The summed E-state index contributed by atoms with van der Waals surface area (Å²) in [5, 5.41) is 11.7. The van der Waals surface area contributed by atoms with E-state index in [9.17, 15) is 19.6 Å². The zero-order valence-electron chi connectivity index (χ0n) is 20.8. The number of anilines is 1.